The number of hydrogen-bond acceptors (Lipinski definition) is 3. The average molecular weight is 391 g/mol. The second-order valence-corrected chi connectivity index (χ2v) is 8.63. The molecule has 0 saturated carbocycles. The van der Waals surface area contributed by atoms with Crippen LogP contribution in [0.3, 0.4) is 0 Å². The third-order valence-electron chi connectivity index (χ3n) is 6.51. The molecule has 1 aromatic heterocycles. The molecule has 29 heavy (non-hydrogen) atoms. The molecule has 3 aromatic rings. The lowest BCUT2D eigenvalue weighted by Crippen LogP contribution is -3.14. The number of piperidine rings is 1. The summed E-state index contributed by atoms with van der Waals surface area (Å²) in [7, 11) is 0. The number of rotatable bonds is 3. The highest BCUT2D eigenvalue weighted by Gasteiger charge is 2.34. The van der Waals surface area contributed by atoms with Crippen molar-refractivity contribution in [2.75, 3.05) is 24.5 Å². The second-order valence-electron chi connectivity index (χ2n) is 8.63. The van der Waals surface area contributed by atoms with Crippen molar-refractivity contribution < 1.29 is 9.69 Å². The molecule has 1 fully saturated rings. The lowest BCUT2D eigenvalue weighted by atomic mass is 10.0. The molecule has 0 bridgehead atoms. The number of amides is 1. The van der Waals surface area contributed by atoms with Gasteiger partial charge in [0.05, 0.1) is 24.6 Å². The smallest absolute Gasteiger partial charge is 0.282 e. The molecule has 1 amide bonds. The highest BCUT2D eigenvalue weighted by atomic mass is 16.2. The van der Waals surface area contributed by atoms with Crippen molar-refractivity contribution >= 4 is 22.6 Å². The van der Waals surface area contributed by atoms with E-state index in [9.17, 15) is 4.79 Å². The Morgan fingerprint density at radius 2 is 1.97 bits per heavy atom. The van der Waals surface area contributed by atoms with Gasteiger partial charge in [0.1, 0.15) is 5.52 Å². The number of para-hydroxylation sites is 1. The summed E-state index contributed by atoms with van der Waals surface area (Å²) in [6, 6.07) is 15.3. The van der Waals surface area contributed by atoms with Crippen LogP contribution in [0.4, 0.5) is 5.69 Å². The van der Waals surface area contributed by atoms with E-state index >= 15 is 0 Å². The first-order chi connectivity index (χ1) is 14.1. The summed E-state index contributed by atoms with van der Waals surface area (Å²) in [4.78, 5) is 16.5. The third kappa shape index (κ3) is 3.31. The zero-order chi connectivity index (χ0) is 20.0. The van der Waals surface area contributed by atoms with Crippen molar-refractivity contribution in [3.05, 3.63) is 53.6 Å². The predicted octanol–water partition coefficient (Wildman–Crippen LogP) is 1.94. The van der Waals surface area contributed by atoms with E-state index in [2.05, 4.69) is 65.2 Å². The van der Waals surface area contributed by atoms with Crippen LogP contribution in [0, 0.1) is 6.92 Å². The summed E-state index contributed by atoms with van der Waals surface area (Å²) >= 11 is 0. The first-order valence-corrected chi connectivity index (χ1v) is 10.7. The van der Waals surface area contributed by atoms with Gasteiger partial charge in [0.25, 0.3) is 5.91 Å². The lowest BCUT2D eigenvalue weighted by molar-refractivity contribution is -0.897. The van der Waals surface area contributed by atoms with Gasteiger partial charge in [0.15, 0.2) is 6.54 Å². The van der Waals surface area contributed by atoms with E-state index in [1.165, 1.54) is 16.0 Å². The zero-order valence-electron chi connectivity index (χ0n) is 17.1. The molecule has 2 aliphatic heterocycles. The topological polar surface area (TPSA) is 55.5 Å². The summed E-state index contributed by atoms with van der Waals surface area (Å²) in [5.74, 6) is 0.248. The number of aromatic nitrogens is 3. The first kappa shape index (κ1) is 18.3. The molecule has 0 spiro atoms. The normalized spacial score (nSPS) is 24.1. The van der Waals surface area contributed by atoms with Crippen molar-refractivity contribution in [2.45, 2.75) is 45.2 Å². The van der Waals surface area contributed by atoms with Crippen LogP contribution in [0.25, 0.3) is 11.0 Å². The number of benzene rings is 2. The maximum atomic E-state index is 13.1. The Bertz CT molecular complexity index is 1050. The quantitative estimate of drug-likeness (QED) is 0.744. The number of nitrogens with zero attached hydrogens (tertiary/aromatic N) is 4. The van der Waals surface area contributed by atoms with Gasteiger partial charge >= 0.3 is 0 Å². The molecule has 1 saturated heterocycles. The van der Waals surface area contributed by atoms with Crippen LogP contribution in [-0.4, -0.2) is 46.6 Å². The number of quaternary nitrogens is 1. The maximum absolute atomic E-state index is 13.1. The number of hydrogen-bond donors (Lipinski definition) is 1. The third-order valence-corrected chi connectivity index (χ3v) is 6.51. The van der Waals surface area contributed by atoms with Gasteiger partial charge in [0, 0.05) is 24.6 Å². The summed E-state index contributed by atoms with van der Waals surface area (Å²) < 4.78 is 2.09. The van der Waals surface area contributed by atoms with E-state index in [0.717, 1.165) is 49.1 Å². The van der Waals surface area contributed by atoms with Crippen LogP contribution in [0.15, 0.2) is 42.5 Å². The van der Waals surface area contributed by atoms with Crippen molar-refractivity contribution in [2.24, 2.45) is 0 Å². The Labute approximate surface area is 171 Å². The van der Waals surface area contributed by atoms with E-state index in [-0.39, 0.29) is 11.9 Å². The summed E-state index contributed by atoms with van der Waals surface area (Å²) in [6.45, 7) is 6.79. The molecular formula is C23H28N5O+. The Kier molecular flexibility index (Phi) is 4.59. The molecular weight excluding hydrogens is 362 g/mol. The molecule has 3 heterocycles. The highest BCUT2D eigenvalue weighted by molar-refractivity contribution is 5.96. The minimum Gasteiger partial charge on any atom is -0.327 e. The number of carbonyl (C=O) groups is 1. The standard InChI is InChI=1S/C23H27N5O/c1-16-7-8-22-20(13-16)24-25-28(22)19-9-11-26(12-10-19)15-23(29)27-17(2)14-18-5-3-4-6-21(18)27/h3-8,13,17,19H,9-12,14-15H2,1-2H3/p+1/t17-/m0/s1. The predicted molar refractivity (Wildman–Crippen MR) is 113 cm³/mol. The van der Waals surface area contributed by atoms with E-state index in [4.69, 9.17) is 0 Å². The van der Waals surface area contributed by atoms with Gasteiger partial charge in [-0.2, -0.15) is 0 Å². The molecule has 0 unspecified atom stereocenters. The van der Waals surface area contributed by atoms with E-state index in [1.54, 1.807) is 0 Å². The Morgan fingerprint density at radius 1 is 1.17 bits per heavy atom. The largest absolute Gasteiger partial charge is 0.327 e. The number of nitrogens with one attached hydrogen (secondary N) is 1. The van der Waals surface area contributed by atoms with Crippen molar-refractivity contribution in [3.63, 3.8) is 0 Å². The lowest BCUT2D eigenvalue weighted by Gasteiger charge is -2.31. The Morgan fingerprint density at radius 3 is 2.79 bits per heavy atom. The molecule has 0 aliphatic carbocycles. The molecule has 6 nitrogen and oxygen atoms in total. The summed E-state index contributed by atoms with van der Waals surface area (Å²) in [5, 5.41) is 8.78. The molecule has 5 rings (SSSR count). The zero-order valence-corrected chi connectivity index (χ0v) is 17.1. The molecule has 150 valence electrons. The van der Waals surface area contributed by atoms with Crippen LogP contribution in [0.5, 0.6) is 0 Å². The van der Waals surface area contributed by atoms with E-state index in [1.807, 2.05) is 11.0 Å². The van der Waals surface area contributed by atoms with Gasteiger partial charge in [-0.1, -0.05) is 29.5 Å². The van der Waals surface area contributed by atoms with Crippen LogP contribution in [0.2, 0.25) is 0 Å². The monoisotopic (exact) mass is 390 g/mol. The first-order valence-electron chi connectivity index (χ1n) is 10.7. The van der Waals surface area contributed by atoms with Gasteiger partial charge in [0.2, 0.25) is 0 Å². The fraction of sp³-hybridized carbons (Fsp3) is 0.435. The maximum Gasteiger partial charge on any atom is 0.282 e. The van der Waals surface area contributed by atoms with Crippen molar-refractivity contribution in [1.82, 2.24) is 15.0 Å². The SMILES string of the molecule is Cc1ccc2c(c1)nnn2C1CC[NH+](CC(=O)N2c3ccccc3C[C@@H]2C)CC1. The molecule has 1 N–H and O–H groups in total. The van der Waals surface area contributed by atoms with Crippen LogP contribution < -0.4 is 9.80 Å². The molecule has 2 aliphatic rings. The molecule has 6 heteroatoms. The summed E-state index contributed by atoms with van der Waals surface area (Å²) in [6.07, 6.45) is 3.01. The number of fused-ring (bicyclic) bond motifs is 2. The van der Waals surface area contributed by atoms with E-state index in [0.29, 0.717) is 12.6 Å². The molecule has 2 aromatic carbocycles. The van der Waals surface area contributed by atoms with Crippen molar-refractivity contribution in [3.8, 4) is 0 Å². The van der Waals surface area contributed by atoms with E-state index < -0.39 is 0 Å². The van der Waals surface area contributed by atoms with Crippen LogP contribution in [0.1, 0.15) is 36.9 Å². The minimum atomic E-state index is 0.248. The van der Waals surface area contributed by atoms with Gasteiger partial charge in [-0.15, -0.1) is 5.10 Å². The van der Waals surface area contributed by atoms with Gasteiger partial charge in [-0.05, 0) is 49.6 Å². The number of likely N-dealkylation sites (tertiary alicyclic amines) is 1. The van der Waals surface area contributed by atoms with Gasteiger partial charge < -0.3 is 9.80 Å². The van der Waals surface area contributed by atoms with Gasteiger partial charge in [-0.3, -0.25) is 4.79 Å². The number of aryl methyl sites for hydroxylation is 1. The second kappa shape index (κ2) is 7.26. The van der Waals surface area contributed by atoms with Gasteiger partial charge in [-0.25, -0.2) is 4.68 Å². The Balaban J connectivity index is 1.24. The minimum absolute atomic E-state index is 0.248. The van der Waals surface area contributed by atoms with Crippen LogP contribution in [-0.2, 0) is 11.2 Å². The fourth-order valence-electron chi connectivity index (χ4n) is 5.00. The van der Waals surface area contributed by atoms with Crippen LogP contribution >= 0.6 is 0 Å². The Hall–Kier alpha value is -2.73. The summed E-state index contributed by atoms with van der Waals surface area (Å²) in [5.41, 5.74) is 5.68. The number of carbonyl (C=O) groups excluding carboxylic acids is 1. The molecule has 1 atom stereocenters. The number of anilines is 1. The molecule has 0 radical (unpaired) electrons. The average Bonchev–Trinajstić information content (AvgIpc) is 3.28. The van der Waals surface area contributed by atoms with Crippen molar-refractivity contribution in [1.29, 1.82) is 0 Å². The highest BCUT2D eigenvalue weighted by Crippen LogP contribution is 2.31. The fourth-order valence-corrected chi connectivity index (χ4v) is 5.00.